The molecule has 3 atom stereocenters. The normalized spacial score (nSPS) is 14.0. The quantitative estimate of drug-likeness (QED) is 0.0235. The minimum Gasteiger partial charge on any atom is -0.480 e. The number of ether oxygens (including phenoxy) is 2. The second-order valence-electron chi connectivity index (χ2n) is 14.1. The van der Waals surface area contributed by atoms with E-state index in [1.165, 1.54) is 89.9 Å². The van der Waals surface area contributed by atoms with Gasteiger partial charge in [0.05, 0.1) is 13.2 Å². The molecule has 0 bridgehead atoms. The molecule has 0 radical (unpaired) electrons. The highest BCUT2D eigenvalue weighted by molar-refractivity contribution is 7.47. The number of hydrogen-bond acceptors (Lipinski definition) is 9. The summed E-state index contributed by atoms with van der Waals surface area (Å²) in [5.74, 6) is -2.38. The highest BCUT2D eigenvalue weighted by Crippen LogP contribution is 2.43. The van der Waals surface area contributed by atoms with Gasteiger partial charge in [-0.15, -0.1) is 0 Å². The van der Waals surface area contributed by atoms with Crippen LogP contribution in [0.25, 0.3) is 0 Å². The summed E-state index contributed by atoms with van der Waals surface area (Å²) >= 11 is 0. The highest BCUT2D eigenvalue weighted by Gasteiger charge is 2.28. The van der Waals surface area contributed by atoms with Gasteiger partial charge in [0.2, 0.25) is 0 Å². The van der Waals surface area contributed by atoms with Crippen molar-refractivity contribution in [1.29, 1.82) is 0 Å². The van der Waals surface area contributed by atoms with Gasteiger partial charge in [0.15, 0.2) is 6.10 Å². The molecule has 0 saturated heterocycles. The molecule has 0 aromatic carbocycles. The summed E-state index contributed by atoms with van der Waals surface area (Å²) < 4.78 is 32.6. The Morgan fingerprint density at radius 1 is 0.585 bits per heavy atom. The maximum absolute atomic E-state index is 12.6. The van der Waals surface area contributed by atoms with Crippen LogP contribution in [-0.2, 0) is 37.5 Å². The van der Waals surface area contributed by atoms with Crippen LogP contribution >= 0.6 is 7.82 Å². The molecule has 0 saturated carbocycles. The minimum atomic E-state index is -4.71. The zero-order chi connectivity index (χ0) is 39.3. The Hall–Kier alpha value is -2.04. The topological polar surface area (TPSA) is 172 Å². The number of carboxylic acids is 1. The first kappa shape index (κ1) is 51.0. The molecule has 310 valence electrons. The van der Waals surface area contributed by atoms with Crippen LogP contribution in [0.15, 0.2) is 24.3 Å². The number of phosphoric acid groups is 1. The third-order valence-corrected chi connectivity index (χ3v) is 9.90. The molecular formula is C41H76NO10P. The molecule has 11 nitrogen and oxygen atoms in total. The van der Waals surface area contributed by atoms with Gasteiger partial charge in [0.1, 0.15) is 12.6 Å². The van der Waals surface area contributed by atoms with Crippen molar-refractivity contribution in [2.45, 2.75) is 199 Å². The summed E-state index contributed by atoms with van der Waals surface area (Å²) in [6.07, 6.45) is 36.7. The number of carbonyl (C=O) groups excluding carboxylic acids is 2. The number of nitrogens with two attached hydrogens (primary N) is 1. The Bertz CT molecular complexity index is 1010. The molecule has 0 aliphatic rings. The third kappa shape index (κ3) is 36.7. The third-order valence-electron chi connectivity index (χ3n) is 8.95. The number of hydrogen-bond donors (Lipinski definition) is 3. The van der Waals surface area contributed by atoms with E-state index in [4.69, 9.17) is 24.8 Å². The number of rotatable bonds is 39. The van der Waals surface area contributed by atoms with Crippen molar-refractivity contribution < 1.29 is 47.5 Å². The van der Waals surface area contributed by atoms with E-state index in [0.29, 0.717) is 12.8 Å². The number of carbonyl (C=O) groups is 3. The summed E-state index contributed by atoms with van der Waals surface area (Å²) in [5, 5.41) is 8.87. The molecule has 53 heavy (non-hydrogen) atoms. The summed E-state index contributed by atoms with van der Waals surface area (Å²) in [6, 6.07) is -1.52. The second-order valence-corrected chi connectivity index (χ2v) is 15.6. The number of carboxylic acid groups (broad SMARTS) is 1. The van der Waals surface area contributed by atoms with Gasteiger partial charge in [-0.1, -0.05) is 154 Å². The predicted molar refractivity (Wildman–Crippen MR) is 212 cm³/mol. The number of aliphatic carboxylic acids is 1. The molecular weight excluding hydrogens is 697 g/mol. The average molecular weight is 774 g/mol. The summed E-state index contributed by atoms with van der Waals surface area (Å²) in [5.41, 5.74) is 5.32. The Labute approximate surface area is 321 Å². The SMILES string of the molecule is CCCCC/C=C\C/C=C\CCCCCCCCCC(=O)OC(COC(=O)CCCCCCCCCCCCCC)COP(=O)(O)OCC(N)C(=O)O. The van der Waals surface area contributed by atoms with E-state index in [-0.39, 0.29) is 19.4 Å². The molecule has 0 rings (SSSR count). The van der Waals surface area contributed by atoms with Crippen molar-refractivity contribution >= 4 is 25.7 Å². The van der Waals surface area contributed by atoms with Gasteiger partial charge in [0.25, 0.3) is 0 Å². The van der Waals surface area contributed by atoms with Crippen molar-refractivity contribution in [2.75, 3.05) is 19.8 Å². The molecule has 0 aromatic heterocycles. The second kappa shape index (κ2) is 36.9. The average Bonchev–Trinajstić information content (AvgIpc) is 3.13. The van der Waals surface area contributed by atoms with Crippen LogP contribution in [0.3, 0.4) is 0 Å². The lowest BCUT2D eigenvalue weighted by Crippen LogP contribution is -2.34. The molecule has 0 heterocycles. The molecule has 0 aromatic rings. The van der Waals surface area contributed by atoms with Gasteiger partial charge in [0, 0.05) is 12.8 Å². The van der Waals surface area contributed by atoms with Crippen molar-refractivity contribution in [3.63, 3.8) is 0 Å². The van der Waals surface area contributed by atoms with Crippen LogP contribution in [0, 0.1) is 0 Å². The van der Waals surface area contributed by atoms with E-state index in [1.54, 1.807) is 0 Å². The maximum atomic E-state index is 12.6. The Morgan fingerprint density at radius 2 is 1.00 bits per heavy atom. The van der Waals surface area contributed by atoms with Crippen LogP contribution < -0.4 is 5.73 Å². The number of esters is 2. The fourth-order valence-corrected chi connectivity index (χ4v) is 6.40. The van der Waals surface area contributed by atoms with Gasteiger partial charge in [-0.25, -0.2) is 4.57 Å². The van der Waals surface area contributed by atoms with E-state index >= 15 is 0 Å². The van der Waals surface area contributed by atoms with Crippen molar-refractivity contribution in [3.05, 3.63) is 24.3 Å². The minimum absolute atomic E-state index is 0.155. The monoisotopic (exact) mass is 774 g/mol. The van der Waals surface area contributed by atoms with E-state index in [9.17, 15) is 23.8 Å². The van der Waals surface area contributed by atoms with Crippen LogP contribution in [0.2, 0.25) is 0 Å². The summed E-state index contributed by atoms with van der Waals surface area (Å²) in [4.78, 5) is 45.8. The molecule has 12 heteroatoms. The van der Waals surface area contributed by atoms with Crippen LogP contribution in [0.4, 0.5) is 0 Å². The van der Waals surface area contributed by atoms with Gasteiger partial charge in [-0.05, 0) is 44.9 Å². The fourth-order valence-electron chi connectivity index (χ4n) is 5.62. The summed E-state index contributed by atoms with van der Waals surface area (Å²) in [7, 11) is -4.71. The van der Waals surface area contributed by atoms with E-state index in [1.807, 2.05) is 0 Å². The van der Waals surface area contributed by atoms with Crippen LogP contribution in [0.5, 0.6) is 0 Å². The molecule has 3 unspecified atom stereocenters. The van der Waals surface area contributed by atoms with Gasteiger partial charge >= 0.3 is 25.7 Å². The van der Waals surface area contributed by atoms with Crippen molar-refractivity contribution in [3.8, 4) is 0 Å². The lowest BCUT2D eigenvalue weighted by Gasteiger charge is -2.20. The van der Waals surface area contributed by atoms with Gasteiger partial charge in [-0.2, -0.15) is 0 Å². The van der Waals surface area contributed by atoms with Gasteiger partial charge in [-0.3, -0.25) is 23.4 Å². The zero-order valence-corrected chi connectivity index (χ0v) is 34.3. The fraction of sp³-hybridized carbons (Fsp3) is 0.829. The van der Waals surface area contributed by atoms with E-state index < -0.39 is 51.1 Å². The Morgan fingerprint density at radius 3 is 1.51 bits per heavy atom. The molecule has 0 aliphatic carbocycles. The first-order chi connectivity index (χ1) is 25.6. The molecule has 0 fully saturated rings. The number of phosphoric ester groups is 1. The first-order valence-corrected chi connectivity index (χ1v) is 22.4. The summed E-state index contributed by atoms with van der Waals surface area (Å²) in [6.45, 7) is 2.77. The first-order valence-electron chi connectivity index (χ1n) is 20.9. The molecule has 0 aliphatic heterocycles. The van der Waals surface area contributed by atoms with E-state index in [0.717, 1.165) is 57.8 Å². The number of allylic oxidation sites excluding steroid dienone is 4. The van der Waals surface area contributed by atoms with Gasteiger partial charge < -0.3 is 25.2 Å². The molecule has 0 spiro atoms. The van der Waals surface area contributed by atoms with Crippen LogP contribution in [-0.4, -0.2) is 59.9 Å². The van der Waals surface area contributed by atoms with Crippen molar-refractivity contribution in [2.24, 2.45) is 5.73 Å². The van der Waals surface area contributed by atoms with Crippen molar-refractivity contribution in [1.82, 2.24) is 0 Å². The zero-order valence-electron chi connectivity index (χ0n) is 33.4. The largest absolute Gasteiger partial charge is 0.480 e. The van der Waals surface area contributed by atoms with E-state index in [2.05, 4.69) is 42.7 Å². The van der Waals surface area contributed by atoms with Crippen LogP contribution in [0.1, 0.15) is 187 Å². The predicted octanol–water partition coefficient (Wildman–Crippen LogP) is 10.7. The standard InChI is InChI=1S/C41H76NO10P/c1-3-5-7-9-11-13-15-17-18-19-20-21-23-25-27-29-31-33-40(44)52-37(35-50-53(47,48)51-36-38(42)41(45)46)34-49-39(43)32-30-28-26-24-22-16-14-12-10-8-6-4-2/h11,13,17-18,37-38H,3-10,12,14-16,19-36,42H2,1-2H3,(H,45,46)(H,47,48)/b13-11-,18-17-. The highest BCUT2D eigenvalue weighted by atomic mass is 31.2. The lowest BCUT2D eigenvalue weighted by atomic mass is 10.0. The molecule has 0 amide bonds. The smallest absolute Gasteiger partial charge is 0.472 e. The lowest BCUT2D eigenvalue weighted by molar-refractivity contribution is -0.161. The molecule has 4 N–H and O–H groups in total. The Kier molecular flexibility index (Phi) is 35.5. The Balaban J connectivity index is 4.38. The number of unbranched alkanes of at least 4 members (excludes halogenated alkanes) is 21. The maximum Gasteiger partial charge on any atom is 0.472 e.